The predicted molar refractivity (Wildman–Crippen MR) is 90.2 cm³/mol. The van der Waals surface area contributed by atoms with E-state index in [0.717, 1.165) is 29.2 Å². The molecule has 1 fully saturated rings. The van der Waals surface area contributed by atoms with Crippen LogP contribution in [0, 0.1) is 5.92 Å². The second-order valence-electron chi connectivity index (χ2n) is 5.94. The van der Waals surface area contributed by atoms with Gasteiger partial charge in [-0.3, -0.25) is 4.79 Å². The number of benzene rings is 1. The van der Waals surface area contributed by atoms with E-state index in [4.69, 9.17) is 4.42 Å². The molecule has 1 aliphatic rings. The molecule has 0 aliphatic heterocycles. The number of carbonyl (C=O) groups is 1. The van der Waals surface area contributed by atoms with Crippen molar-refractivity contribution >= 4 is 29.3 Å². The smallest absolute Gasteiger partial charge is 0.236 e. The molecule has 1 heterocycles. The Hall–Kier alpha value is -1.52. The Morgan fingerprint density at radius 1 is 1.41 bits per heavy atom. The number of para-hydroxylation sites is 1. The van der Waals surface area contributed by atoms with Crippen LogP contribution in [0.3, 0.4) is 0 Å². The maximum absolute atomic E-state index is 12.2. The summed E-state index contributed by atoms with van der Waals surface area (Å²) in [5.74, 6) is 1.72. The molecule has 2 aromatic rings. The van der Waals surface area contributed by atoms with E-state index in [9.17, 15) is 4.79 Å². The van der Waals surface area contributed by atoms with Crippen molar-refractivity contribution in [3.63, 3.8) is 0 Å². The van der Waals surface area contributed by atoms with Crippen LogP contribution in [0.25, 0.3) is 11.0 Å². The van der Waals surface area contributed by atoms with Gasteiger partial charge in [-0.1, -0.05) is 18.2 Å². The van der Waals surface area contributed by atoms with Crippen LogP contribution in [-0.2, 0) is 4.79 Å². The summed E-state index contributed by atoms with van der Waals surface area (Å²) in [5, 5.41) is 4.32. The van der Waals surface area contributed by atoms with Crippen molar-refractivity contribution in [1.29, 1.82) is 0 Å². The first-order valence-electron chi connectivity index (χ1n) is 7.60. The summed E-state index contributed by atoms with van der Waals surface area (Å²) in [5.41, 5.74) is 0.868. The zero-order valence-electron chi connectivity index (χ0n) is 13.0. The topological polar surface area (TPSA) is 45.5 Å². The number of nitrogens with one attached hydrogen (secondary N) is 1. The number of hydrogen-bond acceptors (Lipinski definition) is 3. The Bertz CT molecular complexity index is 603. The van der Waals surface area contributed by atoms with E-state index < -0.39 is 0 Å². The predicted octanol–water partition coefficient (Wildman–Crippen LogP) is 3.37. The first kappa shape index (κ1) is 16.8. The summed E-state index contributed by atoms with van der Waals surface area (Å²) >= 11 is 0. The van der Waals surface area contributed by atoms with Gasteiger partial charge in [0.15, 0.2) is 0 Å². The van der Waals surface area contributed by atoms with Gasteiger partial charge in [-0.25, -0.2) is 0 Å². The van der Waals surface area contributed by atoms with Crippen molar-refractivity contribution in [1.82, 2.24) is 10.2 Å². The normalized spacial score (nSPS) is 15.4. The molecule has 0 bridgehead atoms. The zero-order valence-corrected chi connectivity index (χ0v) is 13.9. The van der Waals surface area contributed by atoms with Crippen molar-refractivity contribution in [2.45, 2.75) is 25.8 Å². The number of hydrogen-bond donors (Lipinski definition) is 1. The van der Waals surface area contributed by atoms with E-state index in [2.05, 4.69) is 5.32 Å². The van der Waals surface area contributed by atoms with Gasteiger partial charge in [-0.05, 0) is 44.4 Å². The monoisotopic (exact) mass is 322 g/mol. The van der Waals surface area contributed by atoms with Crippen molar-refractivity contribution in [3.05, 3.63) is 36.1 Å². The Morgan fingerprint density at radius 2 is 2.14 bits per heavy atom. The highest BCUT2D eigenvalue weighted by Gasteiger charge is 2.23. The minimum absolute atomic E-state index is 0. The Morgan fingerprint density at radius 3 is 2.82 bits per heavy atom. The van der Waals surface area contributed by atoms with Crippen LogP contribution in [0.15, 0.2) is 34.7 Å². The summed E-state index contributed by atoms with van der Waals surface area (Å²) in [6, 6.07) is 9.87. The quantitative estimate of drug-likeness (QED) is 0.887. The van der Waals surface area contributed by atoms with Crippen LogP contribution in [-0.4, -0.2) is 30.9 Å². The Balaban J connectivity index is 0.00000176. The maximum atomic E-state index is 12.2. The van der Waals surface area contributed by atoms with Gasteiger partial charge in [0.25, 0.3) is 0 Å². The number of rotatable bonds is 6. The van der Waals surface area contributed by atoms with E-state index in [-0.39, 0.29) is 24.4 Å². The largest absolute Gasteiger partial charge is 0.459 e. The molecule has 1 N–H and O–H groups in total. The molecule has 1 aliphatic carbocycles. The molecule has 1 aromatic carbocycles. The molecule has 0 spiro atoms. The van der Waals surface area contributed by atoms with Crippen LogP contribution in [0.1, 0.15) is 31.6 Å². The Kier molecular flexibility index (Phi) is 5.48. The Labute approximate surface area is 137 Å². The van der Waals surface area contributed by atoms with Gasteiger partial charge in [0, 0.05) is 12.4 Å². The number of halogens is 1. The van der Waals surface area contributed by atoms with E-state index in [1.54, 1.807) is 4.90 Å². The molecule has 1 amide bonds. The van der Waals surface area contributed by atoms with Gasteiger partial charge in [0.05, 0.1) is 12.6 Å². The highest BCUT2D eigenvalue weighted by atomic mass is 35.5. The third kappa shape index (κ3) is 3.81. The van der Waals surface area contributed by atoms with Crippen molar-refractivity contribution < 1.29 is 9.21 Å². The molecular formula is C17H23ClN2O2. The number of amides is 1. The van der Waals surface area contributed by atoms with Crippen LogP contribution in [0.4, 0.5) is 0 Å². The van der Waals surface area contributed by atoms with Crippen LogP contribution < -0.4 is 5.32 Å². The number of likely N-dealkylation sites (N-methyl/N-ethyl adjacent to an activating group) is 1. The summed E-state index contributed by atoms with van der Waals surface area (Å²) in [6.07, 6.45) is 2.60. The summed E-state index contributed by atoms with van der Waals surface area (Å²) in [4.78, 5) is 13.9. The third-order valence-electron chi connectivity index (χ3n) is 4.24. The molecule has 1 aromatic heterocycles. The van der Waals surface area contributed by atoms with Crippen LogP contribution in [0.5, 0.6) is 0 Å². The number of furan rings is 1. The highest BCUT2D eigenvalue weighted by Crippen LogP contribution is 2.28. The van der Waals surface area contributed by atoms with Crippen molar-refractivity contribution in [3.8, 4) is 0 Å². The SMILES string of the molecule is CC(c1cc2ccccc2o1)N(C)C(=O)CNCC1CC1.Cl. The maximum Gasteiger partial charge on any atom is 0.236 e. The fourth-order valence-corrected chi connectivity index (χ4v) is 2.45. The zero-order chi connectivity index (χ0) is 14.8. The summed E-state index contributed by atoms with van der Waals surface area (Å²) in [7, 11) is 1.83. The van der Waals surface area contributed by atoms with Crippen LogP contribution in [0.2, 0.25) is 0 Å². The van der Waals surface area contributed by atoms with Gasteiger partial charge in [0.1, 0.15) is 11.3 Å². The van der Waals surface area contributed by atoms with Gasteiger partial charge < -0.3 is 14.6 Å². The molecule has 0 saturated heterocycles. The minimum atomic E-state index is -0.0624. The molecule has 1 saturated carbocycles. The van der Waals surface area contributed by atoms with Crippen LogP contribution >= 0.6 is 12.4 Å². The van der Waals surface area contributed by atoms with Gasteiger partial charge in [-0.15, -0.1) is 12.4 Å². The lowest BCUT2D eigenvalue weighted by atomic mass is 10.2. The third-order valence-corrected chi connectivity index (χ3v) is 4.24. The molecule has 4 nitrogen and oxygen atoms in total. The lowest BCUT2D eigenvalue weighted by Gasteiger charge is -2.23. The average molecular weight is 323 g/mol. The standard InChI is InChI=1S/C17H22N2O2.ClH/c1-12(16-9-14-5-3-4-6-15(14)21-16)19(2)17(20)11-18-10-13-7-8-13;/h3-6,9,12-13,18H,7-8,10-11H2,1-2H3;1H. The fourth-order valence-electron chi connectivity index (χ4n) is 2.45. The molecule has 3 rings (SSSR count). The van der Waals surface area contributed by atoms with E-state index in [1.807, 2.05) is 44.3 Å². The van der Waals surface area contributed by atoms with E-state index >= 15 is 0 Å². The van der Waals surface area contributed by atoms with Gasteiger partial charge >= 0.3 is 0 Å². The molecule has 1 unspecified atom stereocenters. The molecule has 22 heavy (non-hydrogen) atoms. The average Bonchev–Trinajstić information content (AvgIpc) is 3.21. The lowest BCUT2D eigenvalue weighted by Crippen LogP contribution is -2.37. The highest BCUT2D eigenvalue weighted by molar-refractivity contribution is 5.85. The molecule has 120 valence electrons. The molecule has 1 atom stereocenters. The first-order valence-corrected chi connectivity index (χ1v) is 7.60. The second-order valence-corrected chi connectivity index (χ2v) is 5.94. The van der Waals surface area contributed by atoms with Gasteiger partial charge in [-0.2, -0.15) is 0 Å². The van der Waals surface area contributed by atoms with Crippen molar-refractivity contribution in [2.75, 3.05) is 20.1 Å². The first-order chi connectivity index (χ1) is 10.1. The number of nitrogens with zero attached hydrogens (tertiary/aromatic N) is 1. The van der Waals surface area contributed by atoms with Crippen molar-refractivity contribution in [2.24, 2.45) is 5.92 Å². The summed E-state index contributed by atoms with van der Waals surface area (Å²) in [6.45, 7) is 3.35. The lowest BCUT2D eigenvalue weighted by molar-refractivity contribution is -0.131. The fraction of sp³-hybridized carbons (Fsp3) is 0.471. The summed E-state index contributed by atoms with van der Waals surface area (Å²) < 4.78 is 5.84. The van der Waals surface area contributed by atoms with E-state index in [0.29, 0.717) is 6.54 Å². The molecule has 0 radical (unpaired) electrons. The molecular weight excluding hydrogens is 300 g/mol. The number of carbonyl (C=O) groups excluding carboxylic acids is 1. The number of fused-ring (bicyclic) bond motifs is 1. The molecule has 5 heteroatoms. The minimum Gasteiger partial charge on any atom is -0.459 e. The second kappa shape index (κ2) is 7.16. The van der Waals surface area contributed by atoms with E-state index in [1.165, 1.54) is 12.8 Å². The van der Waals surface area contributed by atoms with Gasteiger partial charge in [0.2, 0.25) is 5.91 Å².